The van der Waals surface area contributed by atoms with Gasteiger partial charge < -0.3 is 4.98 Å². The van der Waals surface area contributed by atoms with Crippen molar-refractivity contribution in [2.24, 2.45) is 0 Å². The van der Waals surface area contributed by atoms with Crippen LogP contribution in [0.2, 0.25) is 0 Å². The molecular formula is C29H38N6O. The first-order valence-corrected chi connectivity index (χ1v) is 12.8. The number of aryl methyl sites for hydroxylation is 3. The summed E-state index contributed by atoms with van der Waals surface area (Å²) >= 11 is 0. The van der Waals surface area contributed by atoms with Crippen LogP contribution in [0.4, 0.5) is 0 Å². The molecule has 0 saturated heterocycles. The minimum atomic E-state index is -0.211. The summed E-state index contributed by atoms with van der Waals surface area (Å²) in [6.07, 6.45) is 1.72. The van der Waals surface area contributed by atoms with E-state index in [2.05, 4.69) is 110 Å². The smallest absolute Gasteiger partial charge is 0.252 e. The van der Waals surface area contributed by atoms with Crippen LogP contribution in [0.15, 0.2) is 47.3 Å². The molecule has 2 heterocycles. The van der Waals surface area contributed by atoms with E-state index in [4.69, 9.17) is 0 Å². The Morgan fingerprint density at radius 3 is 2.36 bits per heavy atom. The summed E-state index contributed by atoms with van der Waals surface area (Å²) in [7, 11) is 0. The summed E-state index contributed by atoms with van der Waals surface area (Å²) in [4.78, 5) is 18.6. The first-order valence-electron chi connectivity index (χ1n) is 12.8. The second-order valence-corrected chi connectivity index (χ2v) is 10.6. The number of hydrogen-bond acceptors (Lipinski definition) is 5. The fraction of sp³-hybridized carbons (Fsp3) is 0.448. The molecule has 0 aliphatic rings. The molecule has 7 nitrogen and oxygen atoms in total. The van der Waals surface area contributed by atoms with Gasteiger partial charge in [-0.15, -0.1) is 5.10 Å². The molecule has 190 valence electrons. The third kappa shape index (κ3) is 5.26. The van der Waals surface area contributed by atoms with Crippen molar-refractivity contribution in [2.45, 2.75) is 86.0 Å². The van der Waals surface area contributed by atoms with Crippen molar-refractivity contribution >= 4 is 10.9 Å². The third-order valence-electron chi connectivity index (χ3n) is 7.47. The molecule has 4 rings (SSSR count). The normalized spacial score (nSPS) is 13.0. The molecule has 0 spiro atoms. The largest absolute Gasteiger partial charge is 0.322 e. The van der Waals surface area contributed by atoms with Gasteiger partial charge in [0.1, 0.15) is 0 Å². The molecule has 0 fully saturated rings. The molecule has 1 atom stereocenters. The molecule has 1 N–H and O–H groups in total. The summed E-state index contributed by atoms with van der Waals surface area (Å²) in [5.41, 5.74) is 6.15. The van der Waals surface area contributed by atoms with Gasteiger partial charge in [0.15, 0.2) is 5.82 Å². The molecule has 2 aromatic heterocycles. The van der Waals surface area contributed by atoms with Gasteiger partial charge in [-0.05, 0) is 98.2 Å². The molecule has 0 aliphatic heterocycles. The van der Waals surface area contributed by atoms with E-state index in [1.165, 1.54) is 22.3 Å². The highest BCUT2D eigenvalue weighted by Crippen LogP contribution is 2.30. The minimum Gasteiger partial charge on any atom is -0.322 e. The number of H-pyrrole nitrogens is 1. The van der Waals surface area contributed by atoms with Crippen LogP contribution in [0.5, 0.6) is 0 Å². The number of hydrogen-bond donors (Lipinski definition) is 1. The predicted octanol–water partition coefficient (Wildman–Crippen LogP) is 5.74. The van der Waals surface area contributed by atoms with Gasteiger partial charge in [-0.3, -0.25) is 9.69 Å². The van der Waals surface area contributed by atoms with Crippen molar-refractivity contribution < 1.29 is 0 Å². The zero-order valence-corrected chi connectivity index (χ0v) is 22.6. The summed E-state index contributed by atoms with van der Waals surface area (Å²) < 4.78 is 1.96. The van der Waals surface area contributed by atoms with Crippen LogP contribution in [0.3, 0.4) is 0 Å². The zero-order valence-electron chi connectivity index (χ0n) is 22.6. The number of nitrogens with zero attached hydrogens (tertiary/aromatic N) is 5. The zero-order chi connectivity index (χ0) is 26.0. The van der Waals surface area contributed by atoms with E-state index in [1.54, 1.807) is 0 Å². The highest BCUT2D eigenvalue weighted by molar-refractivity contribution is 5.80. The second kappa shape index (κ2) is 10.3. The quantitative estimate of drug-likeness (QED) is 0.326. The van der Waals surface area contributed by atoms with Gasteiger partial charge in [0.05, 0.1) is 11.6 Å². The number of rotatable bonds is 9. The minimum absolute atomic E-state index is 0.0528. The lowest BCUT2D eigenvalue weighted by molar-refractivity contribution is 0.150. The SMILES string of the molecule is CC[C@H](c1nnnn1C(C)(C)CC)N(Cc1ccc(C)cc1)Cc1cc2cc(C)c(C)cc2[nH]c1=O. The summed E-state index contributed by atoms with van der Waals surface area (Å²) in [6.45, 7) is 16.0. The monoisotopic (exact) mass is 486 g/mol. The van der Waals surface area contributed by atoms with Gasteiger partial charge >= 0.3 is 0 Å². The molecule has 36 heavy (non-hydrogen) atoms. The topological polar surface area (TPSA) is 79.7 Å². The molecule has 7 heteroatoms. The highest BCUT2D eigenvalue weighted by Gasteiger charge is 2.31. The Kier molecular flexibility index (Phi) is 7.41. The van der Waals surface area contributed by atoms with E-state index in [1.807, 2.05) is 10.7 Å². The lowest BCUT2D eigenvalue weighted by atomic mass is 10.0. The maximum Gasteiger partial charge on any atom is 0.252 e. The van der Waals surface area contributed by atoms with E-state index in [0.29, 0.717) is 13.1 Å². The van der Waals surface area contributed by atoms with Gasteiger partial charge in [-0.25, -0.2) is 4.68 Å². The summed E-state index contributed by atoms with van der Waals surface area (Å²) in [5, 5.41) is 14.0. The standard InChI is InChI=1S/C29H38N6O/c1-8-26(27-31-32-33-35(27)29(6,7)9-2)34(17-22-12-10-19(3)11-13-22)18-24-16-23-14-20(4)21(5)15-25(23)30-28(24)36/h10-16,26H,8-9,17-18H2,1-7H3,(H,30,36)/t26-/m1/s1. The predicted molar refractivity (Wildman–Crippen MR) is 145 cm³/mol. The van der Waals surface area contributed by atoms with Crippen molar-refractivity contribution in [1.29, 1.82) is 0 Å². The molecule has 0 amide bonds. The average molecular weight is 487 g/mol. The number of aromatic nitrogens is 5. The van der Waals surface area contributed by atoms with Crippen LogP contribution in [0, 0.1) is 20.8 Å². The van der Waals surface area contributed by atoms with E-state index in [-0.39, 0.29) is 17.1 Å². The fourth-order valence-electron chi connectivity index (χ4n) is 4.65. The summed E-state index contributed by atoms with van der Waals surface area (Å²) in [6, 6.07) is 14.8. The van der Waals surface area contributed by atoms with E-state index in [0.717, 1.165) is 35.1 Å². The molecule has 0 unspecified atom stereocenters. The second-order valence-electron chi connectivity index (χ2n) is 10.6. The lowest BCUT2D eigenvalue weighted by Crippen LogP contribution is -2.36. The molecule has 4 aromatic rings. The molecule has 0 aliphatic carbocycles. The van der Waals surface area contributed by atoms with Crippen LogP contribution in [-0.4, -0.2) is 30.1 Å². The average Bonchev–Trinajstić information content (AvgIpc) is 3.33. The molecule has 2 aromatic carbocycles. The van der Waals surface area contributed by atoms with Crippen LogP contribution in [0.25, 0.3) is 10.9 Å². The van der Waals surface area contributed by atoms with Crippen LogP contribution in [-0.2, 0) is 18.6 Å². The number of benzene rings is 2. The van der Waals surface area contributed by atoms with E-state index in [9.17, 15) is 4.79 Å². The highest BCUT2D eigenvalue weighted by atomic mass is 16.1. The third-order valence-corrected chi connectivity index (χ3v) is 7.47. The van der Waals surface area contributed by atoms with Gasteiger partial charge in [-0.1, -0.05) is 43.7 Å². The number of pyridine rings is 1. The lowest BCUT2D eigenvalue weighted by Gasteiger charge is -2.33. The van der Waals surface area contributed by atoms with E-state index >= 15 is 0 Å². The Morgan fingerprint density at radius 1 is 1.00 bits per heavy atom. The molecule has 0 radical (unpaired) electrons. The number of tetrazole rings is 1. The molecule has 0 bridgehead atoms. The van der Waals surface area contributed by atoms with Crippen LogP contribution < -0.4 is 5.56 Å². The first-order chi connectivity index (χ1) is 17.1. The van der Waals surface area contributed by atoms with Crippen molar-refractivity contribution in [3.8, 4) is 0 Å². The Balaban J connectivity index is 1.78. The molecular weight excluding hydrogens is 448 g/mol. The number of nitrogens with one attached hydrogen (secondary N) is 1. The van der Waals surface area contributed by atoms with Crippen molar-refractivity contribution in [3.63, 3.8) is 0 Å². The Morgan fingerprint density at radius 2 is 1.69 bits per heavy atom. The Labute approximate surface area is 213 Å². The Hall–Kier alpha value is -3.32. The van der Waals surface area contributed by atoms with Crippen molar-refractivity contribution in [1.82, 2.24) is 30.1 Å². The Bertz CT molecular complexity index is 1400. The van der Waals surface area contributed by atoms with Crippen LogP contribution >= 0.6 is 0 Å². The number of fused-ring (bicyclic) bond motifs is 1. The van der Waals surface area contributed by atoms with E-state index < -0.39 is 0 Å². The van der Waals surface area contributed by atoms with Gasteiger partial charge in [0, 0.05) is 24.2 Å². The van der Waals surface area contributed by atoms with Gasteiger partial charge in [-0.2, -0.15) is 0 Å². The maximum absolute atomic E-state index is 13.2. The molecule has 0 saturated carbocycles. The van der Waals surface area contributed by atoms with Crippen molar-refractivity contribution in [3.05, 3.63) is 86.5 Å². The first kappa shape index (κ1) is 25.8. The number of aromatic amines is 1. The maximum atomic E-state index is 13.2. The van der Waals surface area contributed by atoms with Gasteiger partial charge in [0.2, 0.25) is 0 Å². The summed E-state index contributed by atoms with van der Waals surface area (Å²) in [5.74, 6) is 0.833. The van der Waals surface area contributed by atoms with Gasteiger partial charge in [0.25, 0.3) is 5.56 Å². The fourth-order valence-corrected chi connectivity index (χ4v) is 4.65. The van der Waals surface area contributed by atoms with Crippen molar-refractivity contribution in [2.75, 3.05) is 0 Å². The van der Waals surface area contributed by atoms with Crippen LogP contribution in [0.1, 0.15) is 80.2 Å².